The zero-order valence-corrected chi connectivity index (χ0v) is 18.8. The molecule has 0 aliphatic carbocycles. The Kier molecular flexibility index (Phi) is 5.24. The van der Waals surface area contributed by atoms with E-state index < -0.39 is 0 Å². The quantitative estimate of drug-likeness (QED) is 0.361. The highest BCUT2D eigenvalue weighted by molar-refractivity contribution is 6.30. The van der Waals surface area contributed by atoms with Crippen molar-refractivity contribution < 1.29 is 4.79 Å². The number of carbonyl (C=O) groups excluding carboxylic acids is 1. The van der Waals surface area contributed by atoms with E-state index in [0.717, 1.165) is 33.8 Å². The third kappa shape index (κ3) is 3.67. The number of nitrogens with zero attached hydrogens (tertiary/aromatic N) is 2. The number of aromatic nitrogens is 1. The van der Waals surface area contributed by atoms with Gasteiger partial charge in [0, 0.05) is 22.6 Å². The van der Waals surface area contributed by atoms with Crippen molar-refractivity contribution in [3.05, 3.63) is 118 Å². The van der Waals surface area contributed by atoms with Crippen LogP contribution in [-0.2, 0) is 6.54 Å². The molecule has 32 heavy (non-hydrogen) atoms. The van der Waals surface area contributed by atoms with E-state index in [0.29, 0.717) is 11.6 Å². The Morgan fingerprint density at radius 2 is 1.75 bits per heavy atom. The molecule has 0 saturated heterocycles. The monoisotopic (exact) mass is 441 g/mol. The van der Waals surface area contributed by atoms with Gasteiger partial charge in [-0.05, 0) is 66.9 Å². The van der Waals surface area contributed by atoms with Crippen molar-refractivity contribution in [3.8, 4) is 5.69 Å². The predicted molar refractivity (Wildman–Crippen MR) is 130 cm³/mol. The number of fused-ring (bicyclic) bond motifs is 3. The maximum absolute atomic E-state index is 13.7. The lowest BCUT2D eigenvalue weighted by molar-refractivity contribution is 0.194. The van der Waals surface area contributed by atoms with Gasteiger partial charge in [-0.2, -0.15) is 0 Å². The summed E-state index contributed by atoms with van der Waals surface area (Å²) in [6, 6.07) is 25.8. The van der Waals surface area contributed by atoms with Gasteiger partial charge in [-0.25, -0.2) is 4.79 Å². The Morgan fingerprint density at radius 3 is 2.53 bits per heavy atom. The van der Waals surface area contributed by atoms with Gasteiger partial charge < -0.3 is 14.8 Å². The number of para-hydroxylation sites is 1. The largest absolute Gasteiger partial charge is 0.322 e. The lowest BCUT2D eigenvalue weighted by atomic mass is 10.0. The van der Waals surface area contributed by atoms with Crippen LogP contribution in [0.3, 0.4) is 0 Å². The first-order valence-corrected chi connectivity index (χ1v) is 11.0. The van der Waals surface area contributed by atoms with E-state index in [2.05, 4.69) is 47.3 Å². The first kappa shape index (κ1) is 20.4. The number of hydrogen-bond acceptors (Lipinski definition) is 1. The first-order chi connectivity index (χ1) is 15.5. The van der Waals surface area contributed by atoms with E-state index in [1.807, 2.05) is 66.4 Å². The third-order valence-electron chi connectivity index (χ3n) is 6.03. The maximum atomic E-state index is 13.7. The second kappa shape index (κ2) is 8.21. The van der Waals surface area contributed by atoms with E-state index in [9.17, 15) is 4.79 Å². The number of carbonyl (C=O) groups is 1. The minimum absolute atomic E-state index is 0.138. The van der Waals surface area contributed by atoms with Crippen LogP contribution in [0.15, 0.2) is 85.1 Å². The van der Waals surface area contributed by atoms with Gasteiger partial charge in [-0.3, -0.25) is 0 Å². The molecule has 1 aliphatic heterocycles. The van der Waals surface area contributed by atoms with Crippen LogP contribution in [0, 0.1) is 13.8 Å². The molecule has 1 aromatic heterocycles. The topological polar surface area (TPSA) is 37.3 Å². The number of benzene rings is 3. The minimum Gasteiger partial charge on any atom is -0.318 e. The van der Waals surface area contributed by atoms with Crippen LogP contribution in [-0.4, -0.2) is 15.5 Å². The van der Waals surface area contributed by atoms with Crippen molar-refractivity contribution in [2.75, 3.05) is 5.32 Å². The number of halogens is 1. The Balaban J connectivity index is 1.62. The third-order valence-corrected chi connectivity index (χ3v) is 6.29. The van der Waals surface area contributed by atoms with Crippen LogP contribution < -0.4 is 5.32 Å². The summed E-state index contributed by atoms with van der Waals surface area (Å²) in [6.07, 6.45) is 2.06. The number of rotatable bonds is 2. The highest BCUT2D eigenvalue weighted by Crippen LogP contribution is 2.37. The molecule has 4 nitrogen and oxygen atoms in total. The normalized spacial score (nSPS) is 15.0. The second-order valence-electron chi connectivity index (χ2n) is 8.26. The zero-order valence-electron chi connectivity index (χ0n) is 18.0. The second-order valence-corrected chi connectivity index (χ2v) is 8.70. The van der Waals surface area contributed by atoms with Gasteiger partial charge in [0.2, 0.25) is 0 Å². The molecule has 0 bridgehead atoms. The molecule has 0 unspecified atom stereocenters. The maximum Gasteiger partial charge on any atom is 0.322 e. The number of nitrogens with one attached hydrogen (secondary N) is 1. The van der Waals surface area contributed by atoms with Crippen LogP contribution in [0.25, 0.3) is 5.69 Å². The highest BCUT2D eigenvalue weighted by Gasteiger charge is 2.33. The van der Waals surface area contributed by atoms with Gasteiger partial charge in [-0.15, -0.1) is 0 Å². The van der Waals surface area contributed by atoms with Gasteiger partial charge >= 0.3 is 6.03 Å². The molecule has 3 aromatic carbocycles. The molecular formula is C27H24ClN3O. The Hall–Kier alpha value is -3.50. The van der Waals surface area contributed by atoms with E-state index in [1.165, 1.54) is 5.56 Å². The van der Waals surface area contributed by atoms with Gasteiger partial charge in [-0.1, -0.05) is 59.6 Å². The van der Waals surface area contributed by atoms with E-state index in [4.69, 9.17) is 11.6 Å². The number of anilines is 1. The van der Waals surface area contributed by atoms with E-state index in [1.54, 1.807) is 0 Å². The fourth-order valence-electron chi connectivity index (χ4n) is 4.48. The Morgan fingerprint density at radius 1 is 0.969 bits per heavy atom. The average molecular weight is 442 g/mol. The summed E-state index contributed by atoms with van der Waals surface area (Å²) >= 11 is 6.17. The summed E-state index contributed by atoms with van der Waals surface area (Å²) in [7, 11) is 0. The SMILES string of the molecule is Cc1ccc(NC(=O)N2Cc3ccccc3-n3cccc3[C@@H]2c2ccc(Cl)cc2)c(C)c1. The van der Waals surface area contributed by atoms with Crippen molar-refractivity contribution >= 4 is 23.3 Å². The molecule has 2 heterocycles. The molecule has 0 fully saturated rings. The van der Waals surface area contributed by atoms with E-state index in [-0.39, 0.29) is 12.1 Å². The number of aryl methyl sites for hydroxylation is 2. The van der Waals surface area contributed by atoms with Crippen LogP contribution >= 0.6 is 11.6 Å². The van der Waals surface area contributed by atoms with Gasteiger partial charge in [0.25, 0.3) is 0 Å². The summed E-state index contributed by atoms with van der Waals surface area (Å²) in [6.45, 7) is 4.55. The van der Waals surface area contributed by atoms with Crippen LogP contribution in [0.1, 0.15) is 34.0 Å². The molecule has 1 aliphatic rings. The number of urea groups is 1. The molecule has 5 heteroatoms. The van der Waals surface area contributed by atoms with Gasteiger partial charge in [0.05, 0.1) is 18.3 Å². The number of hydrogen-bond donors (Lipinski definition) is 1. The Bertz CT molecular complexity index is 1290. The molecule has 4 aromatic rings. The molecule has 1 N–H and O–H groups in total. The first-order valence-electron chi connectivity index (χ1n) is 10.7. The van der Waals surface area contributed by atoms with Crippen molar-refractivity contribution in [1.29, 1.82) is 0 Å². The summed E-state index contributed by atoms with van der Waals surface area (Å²) in [5, 5.41) is 3.82. The summed E-state index contributed by atoms with van der Waals surface area (Å²) < 4.78 is 2.18. The molecule has 160 valence electrons. The lowest BCUT2D eigenvalue weighted by Crippen LogP contribution is -2.38. The van der Waals surface area contributed by atoms with Gasteiger partial charge in [0.1, 0.15) is 0 Å². The van der Waals surface area contributed by atoms with Crippen LogP contribution in [0.2, 0.25) is 5.02 Å². The minimum atomic E-state index is -0.263. The molecule has 5 rings (SSSR count). The van der Waals surface area contributed by atoms with Crippen molar-refractivity contribution in [1.82, 2.24) is 9.47 Å². The molecule has 2 amide bonds. The lowest BCUT2D eigenvalue weighted by Gasteiger charge is -2.31. The summed E-state index contributed by atoms with van der Waals surface area (Å²) in [5.74, 6) is 0. The van der Waals surface area contributed by atoms with Crippen LogP contribution in [0.4, 0.5) is 10.5 Å². The zero-order chi connectivity index (χ0) is 22.2. The molecule has 1 atom stereocenters. The molecule has 0 saturated carbocycles. The fourth-order valence-corrected chi connectivity index (χ4v) is 4.60. The standard InChI is InChI=1S/C27H24ClN3O/c1-18-9-14-23(19(2)16-18)29-27(32)31-17-21-6-3-4-7-24(21)30-15-5-8-25(30)26(31)20-10-12-22(28)13-11-20/h3-16,26H,17H2,1-2H3,(H,29,32)/t26-/m0/s1. The summed E-state index contributed by atoms with van der Waals surface area (Å²) in [4.78, 5) is 15.6. The predicted octanol–water partition coefficient (Wildman–Crippen LogP) is 6.88. The van der Waals surface area contributed by atoms with E-state index >= 15 is 0 Å². The van der Waals surface area contributed by atoms with Crippen molar-refractivity contribution in [3.63, 3.8) is 0 Å². The molecular weight excluding hydrogens is 418 g/mol. The summed E-state index contributed by atoms with van der Waals surface area (Å²) in [5.41, 5.74) is 7.26. The fraction of sp³-hybridized carbons (Fsp3) is 0.148. The van der Waals surface area contributed by atoms with Crippen molar-refractivity contribution in [2.24, 2.45) is 0 Å². The van der Waals surface area contributed by atoms with Crippen molar-refractivity contribution in [2.45, 2.75) is 26.4 Å². The average Bonchev–Trinajstić information content (AvgIpc) is 3.21. The van der Waals surface area contributed by atoms with Gasteiger partial charge in [0.15, 0.2) is 0 Å². The molecule has 0 radical (unpaired) electrons. The smallest absolute Gasteiger partial charge is 0.318 e. The Labute approximate surface area is 193 Å². The molecule has 0 spiro atoms. The number of amides is 2. The van der Waals surface area contributed by atoms with Crippen LogP contribution in [0.5, 0.6) is 0 Å². The highest BCUT2D eigenvalue weighted by atomic mass is 35.5.